The number of rotatable bonds is 12. The molecule has 0 radical (unpaired) electrons. The van der Waals surface area contributed by atoms with Crippen LogP contribution in [0.4, 0.5) is 14.5 Å². The number of hydrogen-bond donors (Lipinski definition) is 4. The third-order valence-electron chi connectivity index (χ3n) is 5.78. The molecular weight excluding hydrogens is 446 g/mol. The number of nitrogens with zero attached hydrogens (tertiary/aromatic N) is 2. The van der Waals surface area contributed by atoms with Crippen molar-refractivity contribution in [2.45, 2.75) is 77.4 Å². The summed E-state index contributed by atoms with van der Waals surface area (Å²) >= 11 is 0. The summed E-state index contributed by atoms with van der Waals surface area (Å²) in [5.74, 6) is -4.58. The Morgan fingerprint density at radius 1 is 1.29 bits per heavy atom. The largest absolute Gasteiger partial charge is 0.378 e. The van der Waals surface area contributed by atoms with Crippen molar-refractivity contribution in [2.75, 3.05) is 5.32 Å². The van der Waals surface area contributed by atoms with Gasteiger partial charge in [0.05, 0.1) is 18.4 Å². The second-order valence-electron chi connectivity index (χ2n) is 8.94. The highest BCUT2D eigenvalue weighted by atomic mass is 19.3. The van der Waals surface area contributed by atoms with Gasteiger partial charge < -0.3 is 26.2 Å². The molecule has 1 aliphatic rings. The SMILES string of the molecule is CCC(C=O)Cn1cc(NC(=O)C(NC(=O)/C(=C/C=N)NC(C)C)C2CCC(F)(F)CC2)cn1. The van der Waals surface area contributed by atoms with Crippen molar-refractivity contribution in [2.24, 2.45) is 11.8 Å². The Morgan fingerprint density at radius 3 is 2.53 bits per heavy atom. The molecule has 2 rings (SSSR count). The molecule has 0 saturated heterocycles. The lowest BCUT2D eigenvalue weighted by Gasteiger charge is -2.33. The smallest absolute Gasteiger partial charge is 0.268 e. The van der Waals surface area contributed by atoms with Crippen LogP contribution in [0.1, 0.15) is 52.9 Å². The van der Waals surface area contributed by atoms with Crippen LogP contribution in [0.25, 0.3) is 0 Å². The Hall–Kier alpha value is -3.11. The number of aromatic nitrogens is 2. The minimum absolute atomic E-state index is 0.0867. The van der Waals surface area contributed by atoms with E-state index < -0.39 is 29.7 Å². The fourth-order valence-electron chi connectivity index (χ4n) is 3.85. The lowest BCUT2D eigenvalue weighted by molar-refractivity contribution is -0.127. The van der Waals surface area contributed by atoms with Crippen LogP contribution in [0.2, 0.25) is 0 Å². The molecule has 1 aromatic rings. The standard InChI is InChI=1S/C23H34F2N6O3/c1-4-16(14-32)12-31-13-18(11-27-31)29-22(34)20(17-5-8-23(24,25)9-6-17)30-21(33)19(7-10-26)28-15(2)3/h7,10-11,13-17,20,26,28H,4-6,8-9,12H2,1-3H3,(H,29,34)(H,30,33)/b19-7-,26-10?. The monoisotopic (exact) mass is 480 g/mol. The van der Waals surface area contributed by atoms with E-state index in [1.165, 1.54) is 12.3 Å². The molecule has 9 nitrogen and oxygen atoms in total. The molecule has 4 N–H and O–H groups in total. The first kappa shape index (κ1) is 27.1. The molecule has 1 aliphatic carbocycles. The molecule has 0 spiro atoms. The van der Waals surface area contributed by atoms with E-state index in [1.54, 1.807) is 10.9 Å². The predicted molar refractivity (Wildman–Crippen MR) is 125 cm³/mol. The van der Waals surface area contributed by atoms with Gasteiger partial charge in [-0.15, -0.1) is 0 Å². The summed E-state index contributed by atoms with van der Waals surface area (Å²) in [6.07, 6.45) is 6.23. The molecule has 2 amide bonds. The first-order chi connectivity index (χ1) is 16.1. The van der Waals surface area contributed by atoms with Gasteiger partial charge in [0.25, 0.3) is 5.91 Å². The summed E-state index contributed by atoms with van der Waals surface area (Å²) in [6, 6.07) is -1.14. The van der Waals surface area contributed by atoms with E-state index in [-0.39, 0.29) is 43.3 Å². The zero-order valence-corrected chi connectivity index (χ0v) is 19.8. The first-order valence-electron chi connectivity index (χ1n) is 11.5. The molecular formula is C23H34F2N6O3. The number of nitrogens with one attached hydrogen (secondary N) is 4. The van der Waals surface area contributed by atoms with Crippen LogP contribution in [-0.2, 0) is 20.9 Å². The maximum atomic E-state index is 13.7. The quantitative estimate of drug-likeness (QED) is 0.208. The van der Waals surface area contributed by atoms with Crippen molar-refractivity contribution < 1.29 is 23.2 Å². The van der Waals surface area contributed by atoms with E-state index >= 15 is 0 Å². The molecule has 1 fully saturated rings. The van der Waals surface area contributed by atoms with E-state index in [4.69, 9.17) is 5.41 Å². The van der Waals surface area contributed by atoms with Crippen LogP contribution in [0.15, 0.2) is 24.2 Å². The number of hydrogen-bond acceptors (Lipinski definition) is 6. The van der Waals surface area contributed by atoms with Gasteiger partial charge in [0.15, 0.2) is 0 Å². The van der Waals surface area contributed by atoms with Gasteiger partial charge in [0.1, 0.15) is 18.0 Å². The molecule has 11 heteroatoms. The molecule has 188 valence electrons. The maximum absolute atomic E-state index is 13.7. The number of alkyl halides is 2. The van der Waals surface area contributed by atoms with Gasteiger partial charge in [-0.05, 0) is 45.1 Å². The van der Waals surface area contributed by atoms with Crippen molar-refractivity contribution in [3.05, 3.63) is 24.2 Å². The molecule has 2 unspecified atom stereocenters. The van der Waals surface area contributed by atoms with Crippen LogP contribution >= 0.6 is 0 Å². The second-order valence-corrected chi connectivity index (χ2v) is 8.94. The molecule has 1 saturated carbocycles. The van der Waals surface area contributed by atoms with Crippen molar-refractivity contribution in [1.82, 2.24) is 20.4 Å². The second kappa shape index (κ2) is 12.4. The number of carbonyl (C=O) groups is 3. The van der Waals surface area contributed by atoms with Crippen LogP contribution in [-0.4, -0.2) is 52.1 Å². The third-order valence-corrected chi connectivity index (χ3v) is 5.78. The van der Waals surface area contributed by atoms with Gasteiger partial charge in [0, 0.05) is 37.2 Å². The fraction of sp³-hybridized carbons (Fsp3) is 0.609. The van der Waals surface area contributed by atoms with Crippen LogP contribution < -0.4 is 16.0 Å². The average molecular weight is 481 g/mol. The van der Waals surface area contributed by atoms with Gasteiger partial charge in [-0.25, -0.2) is 8.78 Å². The number of allylic oxidation sites excluding steroid dienone is 1. The average Bonchev–Trinajstić information content (AvgIpc) is 3.22. The van der Waals surface area contributed by atoms with Crippen LogP contribution in [0.5, 0.6) is 0 Å². The van der Waals surface area contributed by atoms with E-state index in [1.807, 2.05) is 20.8 Å². The summed E-state index contributed by atoms with van der Waals surface area (Å²) in [6.45, 7) is 5.90. The summed E-state index contributed by atoms with van der Waals surface area (Å²) in [5.41, 5.74) is 0.484. The number of aldehydes is 1. The van der Waals surface area contributed by atoms with E-state index in [9.17, 15) is 23.2 Å². The van der Waals surface area contributed by atoms with Gasteiger partial charge in [-0.2, -0.15) is 5.10 Å². The zero-order chi connectivity index (χ0) is 25.3. The van der Waals surface area contributed by atoms with E-state index in [2.05, 4.69) is 21.0 Å². The Morgan fingerprint density at radius 2 is 1.97 bits per heavy atom. The first-order valence-corrected chi connectivity index (χ1v) is 11.5. The highest BCUT2D eigenvalue weighted by Gasteiger charge is 2.40. The molecule has 1 aromatic heterocycles. The maximum Gasteiger partial charge on any atom is 0.268 e. The molecule has 0 aliphatic heterocycles. The topological polar surface area (TPSA) is 129 Å². The molecule has 0 aromatic carbocycles. The third kappa shape index (κ3) is 8.03. The number of halogens is 2. The minimum atomic E-state index is -2.78. The van der Waals surface area contributed by atoms with Crippen molar-refractivity contribution in [1.29, 1.82) is 5.41 Å². The summed E-state index contributed by atoms with van der Waals surface area (Å²) < 4.78 is 29.0. The van der Waals surface area contributed by atoms with Crippen molar-refractivity contribution in [3.63, 3.8) is 0 Å². The van der Waals surface area contributed by atoms with E-state index in [0.29, 0.717) is 18.7 Å². The lowest BCUT2D eigenvalue weighted by atomic mass is 9.81. The Kier molecular flexibility index (Phi) is 9.88. The van der Waals surface area contributed by atoms with Gasteiger partial charge >= 0.3 is 0 Å². The highest BCUT2D eigenvalue weighted by Crippen LogP contribution is 2.37. The Bertz CT molecular complexity index is 889. The molecule has 1 heterocycles. The zero-order valence-electron chi connectivity index (χ0n) is 19.8. The summed E-state index contributed by atoms with van der Waals surface area (Å²) in [4.78, 5) is 37.1. The normalized spacial score (nSPS) is 18.1. The van der Waals surface area contributed by atoms with Crippen LogP contribution in [0, 0.1) is 17.2 Å². The fourth-order valence-corrected chi connectivity index (χ4v) is 3.85. The van der Waals surface area contributed by atoms with Gasteiger partial charge in [-0.1, -0.05) is 6.92 Å². The molecule has 34 heavy (non-hydrogen) atoms. The molecule has 0 bridgehead atoms. The summed E-state index contributed by atoms with van der Waals surface area (Å²) in [7, 11) is 0. The Labute approximate surface area is 198 Å². The number of amides is 2. The van der Waals surface area contributed by atoms with Gasteiger partial charge in [0.2, 0.25) is 11.8 Å². The number of anilines is 1. The Balaban J connectivity index is 2.18. The molecule has 2 atom stereocenters. The van der Waals surface area contributed by atoms with Gasteiger partial charge in [-0.3, -0.25) is 14.3 Å². The lowest BCUT2D eigenvalue weighted by Crippen LogP contribution is -2.51. The van der Waals surface area contributed by atoms with Crippen LogP contribution in [0.3, 0.4) is 0 Å². The minimum Gasteiger partial charge on any atom is -0.378 e. The summed E-state index contributed by atoms with van der Waals surface area (Å²) in [5, 5.41) is 19.8. The predicted octanol–water partition coefficient (Wildman–Crippen LogP) is 2.89. The van der Waals surface area contributed by atoms with Crippen molar-refractivity contribution in [3.8, 4) is 0 Å². The number of carbonyl (C=O) groups excluding carboxylic acids is 3. The highest BCUT2D eigenvalue weighted by molar-refractivity contribution is 6.02. The van der Waals surface area contributed by atoms with Crippen molar-refractivity contribution >= 4 is 30.0 Å². The van der Waals surface area contributed by atoms with E-state index in [0.717, 1.165) is 12.5 Å².